The van der Waals surface area contributed by atoms with Gasteiger partial charge < -0.3 is 15.4 Å². The van der Waals surface area contributed by atoms with Crippen molar-refractivity contribution in [2.24, 2.45) is 4.99 Å². The van der Waals surface area contributed by atoms with Gasteiger partial charge >= 0.3 is 6.61 Å². The van der Waals surface area contributed by atoms with Gasteiger partial charge in [0.25, 0.3) is 0 Å². The Labute approximate surface area is 157 Å². The molecule has 26 heavy (non-hydrogen) atoms. The van der Waals surface area contributed by atoms with E-state index in [1.54, 1.807) is 13.1 Å². The van der Waals surface area contributed by atoms with Crippen LogP contribution in [-0.4, -0.2) is 74.7 Å². The largest absolute Gasteiger partial charge is 0.434 e. The van der Waals surface area contributed by atoms with Crippen LogP contribution in [0, 0.1) is 0 Å². The van der Waals surface area contributed by atoms with Crippen LogP contribution in [0.4, 0.5) is 8.78 Å². The first kappa shape index (κ1) is 19.1. The van der Waals surface area contributed by atoms with Crippen LogP contribution in [0.1, 0.15) is 5.56 Å². The molecule has 144 valence electrons. The summed E-state index contributed by atoms with van der Waals surface area (Å²) in [6.45, 7) is 3.75. The lowest BCUT2D eigenvalue weighted by Gasteiger charge is -2.47. The highest BCUT2D eigenvalue weighted by Gasteiger charge is 2.31. The fraction of sp³-hybridized carbons (Fsp3) is 0.588. The molecule has 1 unspecified atom stereocenters. The van der Waals surface area contributed by atoms with E-state index in [9.17, 15) is 8.78 Å². The van der Waals surface area contributed by atoms with Gasteiger partial charge in [0.2, 0.25) is 0 Å². The van der Waals surface area contributed by atoms with Gasteiger partial charge in [-0.15, -0.1) is 0 Å². The normalized spacial score (nSPS) is 25.4. The Balaban J connectivity index is 1.53. The quantitative estimate of drug-likeness (QED) is 0.573. The van der Waals surface area contributed by atoms with Crippen LogP contribution >= 0.6 is 11.6 Å². The Hall–Kier alpha value is -1.64. The second-order valence-corrected chi connectivity index (χ2v) is 6.86. The second kappa shape index (κ2) is 8.83. The number of halogens is 3. The smallest absolute Gasteiger partial charge is 0.387 e. The van der Waals surface area contributed by atoms with Crippen molar-refractivity contribution in [2.45, 2.75) is 19.2 Å². The molecule has 9 heteroatoms. The zero-order valence-electron chi connectivity index (χ0n) is 14.7. The van der Waals surface area contributed by atoms with E-state index in [-0.39, 0.29) is 12.3 Å². The number of nitrogens with one attached hydrogen (secondary N) is 2. The number of ether oxygens (including phenoxy) is 1. The molecule has 3 aliphatic heterocycles. The van der Waals surface area contributed by atoms with Crippen molar-refractivity contribution in [3.63, 3.8) is 0 Å². The maximum absolute atomic E-state index is 12.5. The second-order valence-electron chi connectivity index (χ2n) is 6.43. The van der Waals surface area contributed by atoms with Gasteiger partial charge in [0.1, 0.15) is 5.75 Å². The summed E-state index contributed by atoms with van der Waals surface area (Å²) >= 11 is 5.97. The van der Waals surface area contributed by atoms with Crippen molar-refractivity contribution < 1.29 is 13.5 Å². The van der Waals surface area contributed by atoms with Crippen molar-refractivity contribution in [1.29, 1.82) is 0 Å². The van der Waals surface area contributed by atoms with Crippen LogP contribution in [0.25, 0.3) is 0 Å². The molecule has 3 fully saturated rings. The Morgan fingerprint density at radius 1 is 1.31 bits per heavy atom. The lowest BCUT2D eigenvalue weighted by molar-refractivity contribution is -0.0504. The molecule has 0 aliphatic carbocycles. The number of hydrogen-bond acceptors (Lipinski definition) is 4. The molecule has 2 N–H and O–H groups in total. The summed E-state index contributed by atoms with van der Waals surface area (Å²) in [5, 5.41) is 6.92. The monoisotopic (exact) mass is 387 g/mol. The number of nitrogens with zero attached hydrogens (tertiary/aromatic N) is 3. The highest BCUT2D eigenvalue weighted by molar-refractivity contribution is 6.30. The molecule has 3 aliphatic rings. The summed E-state index contributed by atoms with van der Waals surface area (Å²) in [6.07, 6.45) is 0. The van der Waals surface area contributed by atoms with E-state index in [1.807, 2.05) is 0 Å². The highest BCUT2D eigenvalue weighted by atomic mass is 35.5. The van der Waals surface area contributed by atoms with Gasteiger partial charge in [0.15, 0.2) is 5.96 Å². The number of aliphatic imine (C=N–C) groups is 1. The van der Waals surface area contributed by atoms with Gasteiger partial charge in [0.05, 0.1) is 0 Å². The maximum atomic E-state index is 12.5. The Morgan fingerprint density at radius 2 is 2.08 bits per heavy atom. The molecule has 3 heterocycles. The van der Waals surface area contributed by atoms with E-state index in [2.05, 4.69) is 30.2 Å². The zero-order chi connectivity index (χ0) is 18.5. The SMILES string of the molecule is CN=C(NCc1cc(Cl)ccc1OC(F)F)NCC1CN2CCN1CC2. The van der Waals surface area contributed by atoms with Crippen LogP contribution in [0.5, 0.6) is 5.75 Å². The number of hydrogen-bond donors (Lipinski definition) is 2. The summed E-state index contributed by atoms with van der Waals surface area (Å²) < 4.78 is 29.6. The molecule has 3 saturated heterocycles. The topological polar surface area (TPSA) is 52.1 Å². The summed E-state index contributed by atoms with van der Waals surface area (Å²) in [4.78, 5) is 9.17. The van der Waals surface area contributed by atoms with Gasteiger partial charge in [-0.2, -0.15) is 8.78 Å². The van der Waals surface area contributed by atoms with Crippen molar-refractivity contribution in [3.05, 3.63) is 28.8 Å². The lowest BCUT2D eigenvalue weighted by atomic mass is 10.1. The molecule has 2 bridgehead atoms. The maximum Gasteiger partial charge on any atom is 0.387 e. The number of benzene rings is 1. The zero-order valence-corrected chi connectivity index (χ0v) is 15.5. The summed E-state index contributed by atoms with van der Waals surface area (Å²) in [5.41, 5.74) is 0.548. The van der Waals surface area contributed by atoms with Gasteiger partial charge in [-0.3, -0.25) is 14.8 Å². The van der Waals surface area contributed by atoms with E-state index in [1.165, 1.54) is 12.1 Å². The predicted octanol–water partition coefficient (Wildman–Crippen LogP) is 1.61. The minimum Gasteiger partial charge on any atom is -0.434 e. The Morgan fingerprint density at radius 3 is 2.69 bits per heavy atom. The standard InChI is InChI=1S/C17H24ClF2N5O/c1-21-17(23-10-14-11-24-4-6-25(14)7-5-24)22-9-12-8-13(18)2-3-15(12)26-16(19)20/h2-3,8,14,16H,4-7,9-11H2,1H3,(H2,21,22,23). The fourth-order valence-electron chi connectivity index (χ4n) is 3.43. The van der Waals surface area contributed by atoms with E-state index in [0.29, 0.717) is 22.6 Å². The van der Waals surface area contributed by atoms with Crippen LogP contribution < -0.4 is 15.4 Å². The van der Waals surface area contributed by atoms with Crippen LogP contribution in [0.2, 0.25) is 5.02 Å². The molecule has 6 nitrogen and oxygen atoms in total. The molecular formula is C17H24ClF2N5O. The summed E-state index contributed by atoms with van der Waals surface area (Å²) in [6, 6.07) is 5.04. The first-order chi connectivity index (χ1) is 12.5. The average Bonchev–Trinajstić information content (AvgIpc) is 2.64. The van der Waals surface area contributed by atoms with Gasteiger partial charge in [0, 0.05) is 69.5 Å². The number of guanidine groups is 1. The molecule has 1 atom stereocenters. The van der Waals surface area contributed by atoms with Crippen LogP contribution in [-0.2, 0) is 6.54 Å². The van der Waals surface area contributed by atoms with E-state index in [4.69, 9.17) is 11.6 Å². The van der Waals surface area contributed by atoms with Gasteiger partial charge in [-0.25, -0.2) is 0 Å². The van der Waals surface area contributed by atoms with Gasteiger partial charge in [-0.1, -0.05) is 11.6 Å². The summed E-state index contributed by atoms with van der Waals surface area (Å²) in [7, 11) is 1.68. The Bertz CT molecular complexity index is 638. The Kier molecular flexibility index (Phi) is 6.50. The first-order valence-electron chi connectivity index (χ1n) is 8.69. The van der Waals surface area contributed by atoms with E-state index in [0.717, 1.165) is 39.3 Å². The third kappa shape index (κ3) is 4.96. The molecule has 1 aromatic rings. The van der Waals surface area contributed by atoms with Crippen molar-refractivity contribution in [1.82, 2.24) is 20.4 Å². The van der Waals surface area contributed by atoms with Crippen molar-refractivity contribution in [3.8, 4) is 5.75 Å². The molecule has 0 spiro atoms. The molecule has 0 amide bonds. The fourth-order valence-corrected chi connectivity index (χ4v) is 3.62. The number of fused-ring (bicyclic) bond motifs is 3. The molecule has 1 aromatic carbocycles. The van der Waals surface area contributed by atoms with Crippen molar-refractivity contribution >= 4 is 17.6 Å². The third-order valence-electron chi connectivity index (χ3n) is 4.81. The molecule has 4 rings (SSSR count). The molecule has 0 radical (unpaired) electrons. The van der Waals surface area contributed by atoms with Crippen LogP contribution in [0.15, 0.2) is 23.2 Å². The molecule has 0 aromatic heterocycles. The van der Waals surface area contributed by atoms with Crippen molar-refractivity contribution in [2.75, 3.05) is 46.3 Å². The lowest BCUT2D eigenvalue weighted by Crippen LogP contribution is -2.63. The number of alkyl halides is 2. The average molecular weight is 388 g/mol. The predicted molar refractivity (Wildman–Crippen MR) is 98.1 cm³/mol. The third-order valence-corrected chi connectivity index (χ3v) is 5.04. The van der Waals surface area contributed by atoms with Gasteiger partial charge in [-0.05, 0) is 18.2 Å². The van der Waals surface area contributed by atoms with E-state index < -0.39 is 6.61 Å². The molecular weight excluding hydrogens is 364 g/mol. The van der Waals surface area contributed by atoms with Crippen LogP contribution in [0.3, 0.4) is 0 Å². The first-order valence-corrected chi connectivity index (χ1v) is 9.07. The number of piperazine rings is 3. The molecule has 0 saturated carbocycles. The minimum absolute atomic E-state index is 0.107. The highest BCUT2D eigenvalue weighted by Crippen LogP contribution is 2.24. The summed E-state index contributed by atoms with van der Waals surface area (Å²) in [5.74, 6) is 0.724. The van der Waals surface area contributed by atoms with E-state index >= 15 is 0 Å². The number of rotatable bonds is 6. The minimum atomic E-state index is -2.88.